The fourth-order valence-electron chi connectivity index (χ4n) is 3.03. The van der Waals surface area contributed by atoms with Gasteiger partial charge in [-0.1, -0.05) is 12.1 Å². The van der Waals surface area contributed by atoms with Crippen LogP contribution >= 0.6 is 11.3 Å². The maximum atomic E-state index is 12.2. The number of benzene rings is 1. The van der Waals surface area contributed by atoms with Crippen LogP contribution in [0.3, 0.4) is 0 Å². The molecule has 2 aromatic rings. The van der Waals surface area contributed by atoms with Crippen LogP contribution in [0.4, 0.5) is 5.69 Å². The van der Waals surface area contributed by atoms with Crippen LogP contribution in [0.15, 0.2) is 35.0 Å². The van der Waals surface area contributed by atoms with E-state index in [1.54, 1.807) is 18.4 Å². The maximum absolute atomic E-state index is 12.2. The van der Waals surface area contributed by atoms with Crippen molar-refractivity contribution in [3.8, 4) is 5.75 Å². The molecule has 0 saturated carbocycles. The Morgan fingerprint density at radius 3 is 2.96 bits per heavy atom. The predicted molar refractivity (Wildman–Crippen MR) is 94.7 cm³/mol. The molecular formula is C18H22N2O2S. The van der Waals surface area contributed by atoms with Gasteiger partial charge < -0.3 is 15.0 Å². The van der Waals surface area contributed by atoms with Gasteiger partial charge in [0.05, 0.1) is 18.4 Å². The SMILES string of the molecule is COc1ccccc1N1CC[C@@H](CNC(=O)c2cscc2C)C1. The van der Waals surface area contributed by atoms with Crippen molar-refractivity contribution in [1.82, 2.24) is 5.32 Å². The lowest BCUT2D eigenvalue weighted by Gasteiger charge is -2.21. The summed E-state index contributed by atoms with van der Waals surface area (Å²) < 4.78 is 5.44. The monoisotopic (exact) mass is 330 g/mol. The van der Waals surface area contributed by atoms with Crippen molar-refractivity contribution in [2.24, 2.45) is 5.92 Å². The van der Waals surface area contributed by atoms with E-state index < -0.39 is 0 Å². The largest absolute Gasteiger partial charge is 0.495 e. The first-order valence-electron chi connectivity index (χ1n) is 7.88. The van der Waals surface area contributed by atoms with E-state index in [0.717, 1.165) is 48.6 Å². The number of thiophene rings is 1. The third-order valence-electron chi connectivity index (χ3n) is 4.36. The summed E-state index contributed by atoms with van der Waals surface area (Å²) in [5, 5.41) is 7.00. The van der Waals surface area contributed by atoms with Gasteiger partial charge in [0.2, 0.25) is 0 Å². The van der Waals surface area contributed by atoms with E-state index >= 15 is 0 Å². The number of nitrogens with one attached hydrogen (secondary N) is 1. The molecule has 4 nitrogen and oxygen atoms in total. The summed E-state index contributed by atoms with van der Waals surface area (Å²) in [7, 11) is 1.70. The van der Waals surface area contributed by atoms with Crippen molar-refractivity contribution >= 4 is 22.9 Å². The highest BCUT2D eigenvalue weighted by Gasteiger charge is 2.25. The Morgan fingerprint density at radius 1 is 1.39 bits per heavy atom. The molecule has 0 unspecified atom stereocenters. The topological polar surface area (TPSA) is 41.6 Å². The fraction of sp³-hybridized carbons (Fsp3) is 0.389. The average Bonchev–Trinajstić information content (AvgIpc) is 3.21. The summed E-state index contributed by atoms with van der Waals surface area (Å²) in [6, 6.07) is 8.10. The molecule has 23 heavy (non-hydrogen) atoms. The van der Waals surface area contributed by atoms with Gasteiger partial charge in [-0.05, 0) is 42.3 Å². The van der Waals surface area contributed by atoms with E-state index in [-0.39, 0.29) is 5.91 Å². The Morgan fingerprint density at radius 2 is 2.22 bits per heavy atom. The lowest BCUT2D eigenvalue weighted by atomic mass is 10.1. The zero-order chi connectivity index (χ0) is 16.2. The standard InChI is InChI=1S/C18H22N2O2S/c1-13-11-23-12-15(13)18(21)19-9-14-7-8-20(10-14)16-5-3-4-6-17(16)22-2/h3-6,11-12,14H,7-10H2,1-2H3,(H,19,21)/t14-/m0/s1. The second-order valence-electron chi connectivity index (χ2n) is 5.95. The summed E-state index contributed by atoms with van der Waals surface area (Å²) in [6.45, 7) is 4.64. The molecule has 0 bridgehead atoms. The number of nitrogens with zero attached hydrogens (tertiary/aromatic N) is 1. The second-order valence-corrected chi connectivity index (χ2v) is 6.69. The van der Waals surface area contributed by atoms with Crippen molar-refractivity contribution in [3.05, 3.63) is 46.2 Å². The minimum atomic E-state index is 0.0412. The van der Waals surface area contributed by atoms with Crippen molar-refractivity contribution < 1.29 is 9.53 Å². The van der Waals surface area contributed by atoms with E-state index in [2.05, 4.69) is 16.3 Å². The lowest BCUT2D eigenvalue weighted by molar-refractivity contribution is 0.0948. The van der Waals surface area contributed by atoms with Crippen molar-refractivity contribution in [2.75, 3.05) is 31.6 Å². The molecule has 1 atom stereocenters. The molecule has 1 aromatic heterocycles. The molecule has 1 amide bonds. The Labute approximate surface area is 141 Å². The number of hydrogen-bond acceptors (Lipinski definition) is 4. The molecule has 0 aliphatic carbocycles. The summed E-state index contributed by atoms with van der Waals surface area (Å²) >= 11 is 1.57. The molecule has 0 radical (unpaired) electrons. The highest BCUT2D eigenvalue weighted by atomic mass is 32.1. The van der Waals surface area contributed by atoms with Gasteiger partial charge in [-0.15, -0.1) is 0 Å². The van der Waals surface area contributed by atoms with E-state index in [1.807, 2.05) is 35.9 Å². The van der Waals surface area contributed by atoms with Gasteiger partial charge in [-0.3, -0.25) is 4.79 Å². The number of carbonyl (C=O) groups is 1. The molecule has 1 aliphatic rings. The first-order chi connectivity index (χ1) is 11.2. The number of hydrogen-bond donors (Lipinski definition) is 1. The number of anilines is 1. The molecule has 1 aliphatic heterocycles. The molecule has 122 valence electrons. The number of ether oxygens (including phenoxy) is 1. The van der Waals surface area contributed by atoms with Gasteiger partial charge in [0.15, 0.2) is 0 Å². The Hall–Kier alpha value is -2.01. The average molecular weight is 330 g/mol. The summed E-state index contributed by atoms with van der Waals surface area (Å²) in [6.07, 6.45) is 1.08. The molecule has 1 saturated heterocycles. The summed E-state index contributed by atoms with van der Waals surface area (Å²) in [4.78, 5) is 14.5. The van der Waals surface area contributed by atoms with Crippen molar-refractivity contribution in [1.29, 1.82) is 0 Å². The zero-order valence-electron chi connectivity index (χ0n) is 13.5. The fourth-order valence-corrected chi connectivity index (χ4v) is 3.86. The quantitative estimate of drug-likeness (QED) is 0.914. The van der Waals surface area contributed by atoms with Crippen molar-refractivity contribution in [2.45, 2.75) is 13.3 Å². The van der Waals surface area contributed by atoms with Crippen LogP contribution < -0.4 is 15.0 Å². The summed E-state index contributed by atoms with van der Waals surface area (Å²) in [5.74, 6) is 1.42. The van der Waals surface area contributed by atoms with Crippen LogP contribution in [-0.2, 0) is 0 Å². The van der Waals surface area contributed by atoms with Gasteiger partial charge in [0.25, 0.3) is 5.91 Å². The third kappa shape index (κ3) is 3.50. The van der Waals surface area contributed by atoms with Crippen LogP contribution in [0.5, 0.6) is 5.75 Å². The Balaban J connectivity index is 1.56. The van der Waals surface area contributed by atoms with E-state index in [4.69, 9.17) is 4.74 Å². The van der Waals surface area contributed by atoms with Gasteiger partial charge in [-0.2, -0.15) is 11.3 Å². The minimum absolute atomic E-state index is 0.0412. The van der Waals surface area contributed by atoms with Crippen LogP contribution in [0.2, 0.25) is 0 Å². The number of aryl methyl sites for hydroxylation is 1. The van der Waals surface area contributed by atoms with E-state index in [9.17, 15) is 4.79 Å². The van der Waals surface area contributed by atoms with Crippen LogP contribution in [0.25, 0.3) is 0 Å². The number of para-hydroxylation sites is 2. The van der Waals surface area contributed by atoms with Gasteiger partial charge in [-0.25, -0.2) is 0 Å². The maximum Gasteiger partial charge on any atom is 0.252 e. The van der Waals surface area contributed by atoms with Crippen molar-refractivity contribution in [3.63, 3.8) is 0 Å². The van der Waals surface area contributed by atoms with Crippen LogP contribution in [0, 0.1) is 12.8 Å². The third-order valence-corrected chi connectivity index (χ3v) is 5.22. The molecule has 1 aromatic carbocycles. The molecule has 1 N–H and O–H groups in total. The lowest BCUT2D eigenvalue weighted by Crippen LogP contribution is -2.31. The van der Waals surface area contributed by atoms with Gasteiger partial charge in [0, 0.05) is 25.0 Å². The van der Waals surface area contributed by atoms with E-state index in [0.29, 0.717) is 5.92 Å². The van der Waals surface area contributed by atoms with Gasteiger partial charge >= 0.3 is 0 Å². The van der Waals surface area contributed by atoms with Gasteiger partial charge in [0.1, 0.15) is 5.75 Å². The molecule has 5 heteroatoms. The second kappa shape index (κ2) is 7.04. The van der Waals surface area contributed by atoms with Crippen LogP contribution in [-0.4, -0.2) is 32.7 Å². The minimum Gasteiger partial charge on any atom is -0.495 e. The first-order valence-corrected chi connectivity index (χ1v) is 8.82. The molecule has 2 heterocycles. The number of amides is 1. The Kier molecular flexibility index (Phi) is 4.86. The predicted octanol–water partition coefficient (Wildman–Crippen LogP) is 3.32. The molecular weight excluding hydrogens is 308 g/mol. The number of methoxy groups -OCH3 is 1. The molecule has 1 fully saturated rings. The highest BCUT2D eigenvalue weighted by Crippen LogP contribution is 2.31. The number of rotatable bonds is 5. The smallest absolute Gasteiger partial charge is 0.252 e. The van der Waals surface area contributed by atoms with Crippen LogP contribution in [0.1, 0.15) is 22.3 Å². The number of carbonyl (C=O) groups excluding carboxylic acids is 1. The summed E-state index contributed by atoms with van der Waals surface area (Å²) in [5.41, 5.74) is 2.99. The Bertz CT molecular complexity index is 683. The molecule has 3 rings (SSSR count). The molecule has 0 spiro atoms. The van der Waals surface area contributed by atoms with E-state index in [1.165, 1.54) is 0 Å². The normalized spacial score (nSPS) is 17.3. The first kappa shape index (κ1) is 15.9. The zero-order valence-corrected chi connectivity index (χ0v) is 14.4. The highest BCUT2D eigenvalue weighted by molar-refractivity contribution is 7.08.